The van der Waals surface area contributed by atoms with Crippen LogP contribution in [0.15, 0.2) is 29.5 Å². The van der Waals surface area contributed by atoms with Crippen molar-refractivity contribution in [3.63, 3.8) is 0 Å². The number of thiocarbonyl (C=S) groups is 1. The SMILES string of the molecule is CCCOc1c(OC)cccc1C1NC(=S)N(CCC)C2=C1C(=O)CCC2. The van der Waals surface area contributed by atoms with Crippen molar-refractivity contribution in [2.75, 3.05) is 20.3 Å². The first-order chi connectivity index (χ1) is 13.1. The molecular weight excluding hydrogens is 360 g/mol. The molecule has 146 valence electrons. The molecule has 1 N–H and O–H groups in total. The first-order valence-corrected chi connectivity index (χ1v) is 10.2. The molecule has 1 aromatic rings. The number of carbonyl (C=O) groups is 1. The molecule has 27 heavy (non-hydrogen) atoms. The number of nitrogens with zero attached hydrogens (tertiary/aromatic N) is 1. The third kappa shape index (κ3) is 3.81. The maximum absolute atomic E-state index is 12.9. The molecule has 1 unspecified atom stereocenters. The summed E-state index contributed by atoms with van der Waals surface area (Å²) < 4.78 is 11.6. The van der Waals surface area contributed by atoms with Gasteiger partial charge in [0.15, 0.2) is 22.4 Å². The van der Waals surface area contributed by atoms with E-state index in [2.05, 4.69) is 24.1 Å². The van der Waals surface area contributed by atoms with Gasteiger partial charge in [-0.15, -0.1) is 0 Å². The van der Waals surface area contributed by atoms with Crippen molar-refractivity contribution in [2.24, 2.45) is 0 Å². The van der Waals surface area contributed by atoms with E-state index in [1.54, 1.807) is 7.11 Å². The van der Waals surface area contributed by atoms with Crippen LogP contribution in [-0.4, -0.2) is 36.1 Å². The van der Waals surface area contributed by atoms with Crippen molar-refractivity contribution in [3.05, 3.63) is 35.0 Å². The van der Waals surface area contributed by atoms with Crippen molar-refractivity contribution < 1.29 is 14.3 Å². The quantitative estimate of drug-likeness (QED) is 0.709. The highest BCUT2D eigenvalue weighted by Crippen LogP contribution is 2.43. The molecule has 0 aromatic heterocycles. The van der Waals surface area contributed by atoms with Crippen LogP contribution in [0.25, 0.3) is 0 Å². The monoisotopic (exact) mass is 388 g/mol. The van der Waals surface area contributed by atoms with E-state index in [9.17, 15) is 4.79 Å². The van der Waals surface area contributed by atoms with Crippen LogP contribution in [0, 0.1) is 0 Å². The fourth-order valence-corrected chi connectivity index (χ4v) is 4.14. The number of Topliss-reactive ketones (excluding diaryl/α,β-unsaturated/α-hetero) is 1. The Balaban J connectivity index is 2.12. The zero-order valence-corrected chi connectivity index (χ0v) is 17.2. The summed E-state index contributed by atoms with van der Waals surface area (Å²) in [5.74, 6) is 1.56. The van der Waals surface area contributed by atoms with Gasteiger partial charge < -0.3 is 19.7 Å². The molecule has 3 rings (SSSR count). The average Bonchev–Trinajstić information content (AvgIpc) is 2.68. The molecule has 1 aromatic carbocycles. The number of para-hydroxylation sites is 1. The molecular formula is C21H28N2O3S. The Bertz CT molecular complexity index is 760. The van der Waals surface area contributed by atoms with Gasteiger partial charge in [-0.25, -0.2) is 0 Å². The second kappa shape index (κ2) is 8.74. The van der Waals surface area contributed by atoms with Crippen molar-refractivity contribution in [2.45, 2.75) is 52.0 Å². The Kier molecular flexibility index (Phi) is 6.37. The number of benzene rings is 1. The number of hydrogen-bond acceptors (Lipinski definition) is 4. The molecule has 1 aliphatic carbocycles. The van der Waals surface area contributed by atoms with Gasteiger partial charge in [0.1, 0.15) is 0 Å². The van der Waals surface area contributed by atoms with Gasteiger partial charge in [0.05, 0.1) is 19.8 Å². The summed E-state index contributed by atoms with van der Waals surface area (Å²) in [6, 6.07) is 5.52. The van der Waals surface area contributed by atoms with Crippen LogP contribution >= 0.6 is 12.2 Å². The fourth-order valence-electron chi connectivity index (χ4n) is 3.82. The van der Waals surface area contributed by atoms with E-state index in [-0.39, 0.29) is 11.8 Å². The molecule has 1 heterocycles. The molecule has 0 bridgehead atoms. The average molecular weight is 389 g/mol. The number of nitrogens with one attached hydrogen (secondary N) is 1. The van der Waals surface area contributed by atoms with E-state index in [1.807, 2.05) is 18.2 Å². The highest BCUT2D eigenvalue weighted by molar-refractivity contribution is 7.80. The maximum atomic E-state index is 12.9. The first-order valence-electron chi connectivity index (χ1n) is 9.76. The fraction of sp³-hybridized carbons (Fsp3) is 0.524. The molecule has 1 atom stereocenters. The second-order valence-corrected chi connectivity index (χ2v) is 7.29. The molecule has 0 spiro atoms. The van der Waals surface area contributed by atoms with E-state index >= 15 is 0 Å². The van der Waals surface area contributed by atoms with Crippen molar-refractivity contribution in [3.8, 4) is 11.5 Å². The normalized spacial score (nSPS) is 19.7. The van der Waals surface area contributed by atoms with Gasteiger partial charge >= 0.3 is 0 Å². The summed E-state index contributed by atoms with van der Waals surface area (Å²) in [6.45, 7) is 5.60. The predicted molar refractivity (Wildman–Crippen MR) is 110 cm³/mol. The first kappa shape index (κ1) is 19.7. The Morgan fingerprint density at radius 1 is 1.26 bits per heavy atom. The van der Waals surface area contributed by atoms with Crippen molar-refractivity contribution >= 4 is 23.1 Å². The maximum Gasteiger partial charge on any atom is 0.173 e. The summed E-state index contributed by atoms with van der Waals surface area (Å²) in [5, 5.41) is 4.09. The van der Waals surface area contributed by atoms with Gasteiger partial charge in [0.25, 0.3) is 0 Å². The van der Waals surface area contributed by atoms with Crippen molar-refractivity contribution in [1.29, 1.82) is 0 Å². The van der Waals surface area contributed by atoms with Crippen LogP contribution in [0.1, 0.15) is 57.6 Å². The Morgan fingerprint density at radius 2 is 2.07 bits per heavy atom. The molecule has 1 aliphatic heterocycles. The lowest BCUT2D eigenvalue weighted by Gasteiger charge is -2.41. The van der Waals surface area contributed by atoms with E-state index in [0.29, 0.717) is 29.6 Å². The minimum absolute atomic E-state index is 0.196. The highest BCUT2D eigenvalue weighted by atomic mass is 32.1. The molecule has 0 saturated heterocycles. The van der Waals surface area contributed by atoms with Crippen LogP contribution in [0.3, 0.4) is 0 Å². The third-order valence-corrected chi connectivity index (χ3v) is 5.33. The topological polar surface area (TPSA) is 50.8 Å². The number of hydrogen-bond donors (Lipinski definition) is 1. The standard InChI is InChI=1S/C21H28N2O3S/c1-4-12-23-15-9-7-10-16(24)18(15)19(22-21(23)27)14-8-6-11-17(25-3)20(14)26-13-5-2/h6,8,11,19H,4-5,7,9-10,12-13H2,1-3H3,(H,22,27). The van der Waals surface area contributed by atoms with Gasteiger partial charge in [-0.05, 0) is 44.0 Å². The van der Waals surface area contributed by atoms with Crippen LogP contribution < -0.4 is 14.8 Å². The largest absolute Gasteiger partial charge is 0.493 e. The van der Waals surface area contributed by atoms with Gasteiger partial charge in [-0.2, -0.15) is 0 Å². The molecule has 0 fully saturated rings. The summed E-state index contributed by atoms with van der Waals surface area (Å²) in [7, 11) is 1.64. The Morgan fingerprint density at radius 3 is 2.78 bits per heavy atom. The lowest BCUT2D eigenvalue weighted by molar-refractivity contribution is -0.116. The molecule has 0 radical (unpaired) electrons. The Hall–Kier alpha value is -2.08. The number of methoxy groups -OCH3 is 1. The zero-order chi connectivity index (χ0) is 19.4. The van der Waals surface area contributed by atoms with Gasteiger partial charge in [0, 0.05) is 29.8 Å². The summed E-state index contributed by atoms with van der Waals surface area (Å²) in [4.78, 5) is 15.0. The lowest BCUT2D eigenvalue weighted by Crippen LogP contribution is -2.49. The van der Waals surface area contributed by atoms with Gasteiger partial charge in [0.2, 0.25) is 0 Å². The molecule has 2 aliphatic rings. The molecule has 0 amide bonds. The summed E-state index contributed by atoms with van der Waals surface area (Å²) >= 11 is 5.67. The van der Waals surface area contributed by atoms with Gasteiger partial charge in [-0.3, -0.25) is 4.79 Å². The summed E-state index contributed by atoms with van der Waals surface area (Å²) in [5.41, 5.74) is 2.81. The lowest BCUT2D eigenvalue weighted by atomic mass is 9.84. The smallest absolute Gasteiger partial charge is 0.173 e. The number of rotatable bonds is 7. The minimum atomic E-state index is -0.296. The Labute approximate surface area is 166 Å². The second-order valence-electron chi connectivity index (χ2n) is 6.90. The van der Waals surface area contributed by atoms with E-state index in [1.165, 1.54) is 0 Å². The van der Waals surface area contributed by atoms with Crippen LogP contribution in [0.5, 0.6) is 11.5 Å². The molecule has 5 nitrogen and oxygen atoms in total. The van der Waals surface area contributed by atoms with Crippen LogP contribution in [0.4, 0.5) is 0 Å². The number of carbonyl (C=O) groups excluding carboxylic acids is 1. The molecule has 6 heteroatoms. The highest BCUT2D eigenvalue weighted by Gasteiger charge is 2.38. The van der Waals surface area contributed by atoms with E-state index in [4.69, 9.17) is 21.7 Å². The number of allylic oxidation sites excluding steroid dienone is 1. The number of ether oxygens (including phenoxy) is 2. The van der Waals surface area contributed by atoms with Crippen LogP contribution in [-0.2, 0) is 4.79 Å². The van der Waals surface area contributed by atoms with Gasteiger partial charge in [-0.1, -0.05) is 26.0 Å². The number of ketones is 1. The predicted octanol–water partition coefficient (Wildman–Crippen LogP) is 4.13. The summed E-state index contributed by atoms with van der Waals surface area (Å²) in [6.07, 6.45) is 4.21. The van der Waals surface area contributed by atoms with E-state index < -0.39 is 0 Å². The van der Waals surface area contributed by atoms with E-state index in [0.717, 1.165) is 49.1 Å². The van der Waals surface area contributed by atoms with Crippen LogP contribution in [0.2, 0.25) is 0 Å². The molecule has 0 saturated carbocycles. The zero-order valence-electron chi connectivity index (χ0n) is 16.3. The minimum Gasteiger partial charge on any atom is -0.493 e. The van der Waals surface area contributed by atoms with Crippen molar-refractivity contribution in [1.82, 2.24) is 10.2 Å². The third-order valence-electron chi connectivity index (χ3n) is 4.99.